The van der Waals surface area contributed by atoms with Gasteiger partial charge in [0.15, 0.2) is 6.61 Å². The highest BCUT2D eigenvalue weighted by Crippen LogP contribution is 2.21. The van der Waals surface area contributed by atoms with Crippen LogP contribution < -0.4 is 10.1 Å². The Morgan fingerprint density at radius 2 is 1.97 bits per heavy atom. The molecule has 2 rings (SSSR count). The number of aryl methyl sites for hydroxylation is 1. The standard InChI is InChI=1S/C23H28ClFN2O3/c1-4-5-12-26-23(29)17(3)27(14-18-8-6-7-9-21(18)25)22(28)15-30-19-10-11-20(24)16(2)13-19/h6-11,13,17H,4-5,12,14-15H2,1-3H3,(H,26,29). The number of halogens is 2. The zero-order valence-electron chi connectivity index (χ0n) is 17.6. The minimum atomic E-state index is -0.774. The first-order chi connectivity index (χ1) is 14.3. The van der Waals surface area contributed by atoms with Gasteiger partial charge in [-0.2, -0.15) is 0 Å². The summed E-state index contributed by atoms with van der Waals surface area (Å²) in [5.41, 5.74) is 1.16. The molecule has 0 saturated carbocycles. The average molecular weight is 435 g/mol. The van der Waals surface area contributed by atoms with Gasteiger partial charge in [0.25, 0.3) is 5.91 Å². The number of nitrogens with zero attached hydrogens (tertiary/aromatic N) is 1. The number of rotatable bonds is 10. The number of hydrogen-bond donors (Lipinski definition) is 1. The van der Waals surface area contributed by atoms with Crippen molar-refractivity contribution in [3.63, 3.8) is 0 Å². The summed E-state index contributed by atoms with van der Waals surface area (Å²) in [6.45, 7) is 5.72. The third-order valence-electron chi connectivity index (χ3n) is 4.79. The summed E-state index contributed by atoms with van der Waals surface area (Å²) in [4.78, 5) is 26.8. The zero-order valence-corrected chi connectivity index (χ0v) is 18.3. The Bertz CT molecular complexity index is 875. The summed E-state index contributed by atoms with van der Waals surface area (Å²) in [5, 5.41) is 3.43. The van der Waals surface area contributed by atoms with Crippen LogP contribution in [0.4, 0.5) is 4.39 Å². The van der Waals surface area contributed by atoms with Crippen LogP contribution in [0.5, 0.6) is 5.75 Å². The fraction of sp³-hybridized carbons (Fsp3) is 0.391. The fourth-order valence-corrected chi connectivity index (χ4v) is 2.98. The molecule has 162 valence electrons. The molecule has 0 spiro atoms. The molecular formula is C23H28ClFN2O3. The maximum atomic E-state index is 14.2. The Labute approximate surface area is 182 Å². The van der Waals surface area contributed by atoms with Gasteiger partial charge < -0.3 is 15.0 Å². The number of amides is 2. The molecule has 0 aromatic heterocycles. The van der Waals surface area contributed by atoms with E-state index in [0.29, 0.717) is 22.9 Å². The summed E-state index contributed by atoms with van der Waals surface area (Å²) >= 11 is 6.02. The molecule has 0 saturated heterocycles. The molecule has 2 amide bonds. The summed E-state index contributed by atoms with van der Waals surface area (Å²) in [6, 6.07) is 10.5. The Morgan fingerprint density at radius 1 is 1.23 bits per heavy atom. The lowest BCUT2D eigenvalue weighted by atomic mass is 10.1. The first-order valence-corrected chi connectivity index (χ1v) is 10.4. The summed E-state index contributed by atoms with van der Waals surface area (Å²) in [6.07, 6.45) is 1.79. The quantitative estimate of drug-likeness (QED) is 0.560. The number of hydrogen-bond acceptors (Lipinski definition) is 3. The van der Waals surface area contributed by atoms with Gasteiger partial charge in [-0.3, -0.25) is 9.59 Å². The second-order valence-corrected chi connectivity index (χ2v) is 7.54. The van der Waals surface area contributed by atoms with Crippen LogP contribution in [-0.4, -0.2) is 35.9 Å². The van der Waals surface area contributed by atoms with Crippen LogP contribution in [-0.2, 0) is 16.1 Å². The third kappa shape index (κ3) is 6.73. The van der Waals surface area contributed by atoms with Crippen molar-refractivity contribution in [2.24, 2.45) is 0 Å². The van der Waals surface area contributed by atoms with Gasteiger partial charge in [-0.15, -0.1) is 0 Å². The second kappa shape index (κ2) is 11.6. The molecule has 0 bridgehead atoms. The van der Waals surface area contributed by atoms with Crippen LogP contribution in [0.15, 0.2) is 42.5 Å². The first kappa shape index (κ1) is 23.7. The third-order valence-corrected chi connectivity index (χ3v) is 5.21. The lowest BCUT2D eigenvalue weighted by Crippen LogP contribution is -2.49. The van der Waals surface area contributed by atoms with E-state index in [1.165, 1.54) is 11.0 Å². The Hall–Kier alpha value is -2.60. The molecule has 0 aliphatic rings. The fourth-order valence-electron chi connectivity index (χ4n) is 2.86. The van der Waals surface area contributed by atoms with Crippen LogP contribution in [0.2, 0.25) is 5.02 Å². The Balaban J connectivity index is 2.14. The molecule has 2 aromatic rings. The van der Waals surface area contributed by atoms with Gasteiger partial charge in [0.2, 0.25) is 5.91 Å². The van der Waals surface area contributed by atoms with Crippen molar-refractivity contribution in [3.05, 3.63) is 64.4 Å². The summed E-state index contributed by atoms with van der Waals surface area (Å²) in [5.74, 6) is -0.626. The van der Waals surface area contributed by atoms with Gasteiger partial charge in [0.05, 0.1) is 0 Å². The minimum absolute atomic E-state index is 0.0309. The van der Waals surface area contributed by atoms with E-state index in [2.05, 4.69) is 5.32 Å². The molecule has 1 N–H and O–H groups in total. The van der Waals surface area contributed by atoms with Crippen molar-refractivity contribution in [2.75, 3.05) is 13.2 Å². The molecule has 1 unspecified atom stereocenters. The van der Waals surface area contributed by atoms with Crippen LogP contribution in [0, 0.1) is 12.7 Å². The van der Waals surface area contributed by atoms with Crippen LogP contribution in [0.25, 0.3) is 0 Å². The number of carbonyl (C=O) groups is 2. The molecule has 0 radical (unpaired) electrons. The highest BCUT2D eigenvalue weighted by molar-refractivity contribution is 6.31. The lowest BCUT2D eigenvalue weighted by molar-refractivity contribution is -0.142. The number of unbranched alkanes of at least 4 members (excludes halogenated alkanes) is 1. The molecule has 0 heterocycles. The maximum absolute atomic E-state index is 14.2. The number of carbonyl (C=O) groups excluding carboxylic acids is 2. The Morgan fingerprint density at radius 3 is 2.63 bits per heavy atom. The Kier molecular flexibility index (Phi) is 9.12. The van der Waals surface area contributed by atoms with Crippen molar-refractivity contribution in [1.82, 2.24) is 10.2 Å². The van der Waals surface area contributed by atoms with Crippen LogP contribution >= 0.6 is 11.6 Å². The van der Waals surface area contributed by atoms with Crippen LogP contribution in [0.3, 0.4) is 0 Å². The molecule has 0 fully saturated rings. The number of nitrogens with one attached hydrogen (secondary N) is 1. The molecule has 30 heavy (non-hydrogen) atoms. The maximum Gasteiger partial charge on any atom is 0.261 e. The molecule has 5 nitrogen and oxygen atoms in total. The van der Waals surface area contributed by atoms with E-state index in [4.69, 9.17) is 16.3 Å². The highest BCUT2D eigenvalue weighted by atomic mass is 35.5. The summed E-state index contributed by atoms with van der Waals surface area (Å²) < 4.78 is 19.8. The highest BCUT2D eigenvalue weighted by Gasteiger charge is 2.27. The van der Waals surface area contributed by atoms with Crippen molar-refractivity contribution in [2.45, 2.75) is 46.2 Å². The van der Waals surface area contributed by atoms with E-state index in [-0.39, 0.29) is 19.1 Å². The number of benzene rings is 2. The van der Waals surface area contributed by atoms with E-state index in [9.17, 15) is 14.0 Å². The zero-order chi connectivity index (χ0) is 22.1. The average Bonchev–Trinajstić information content (AvgIpc) is 2.73. The van der Waals surface area contributed by atoms with Crippen molar-refractivity contribution in [1.29, 1.82) is 0 Å². The van der Waals surface area contributed by atoms with E-state index < -0.39 is 17.8 Å². The SMILES string of the molecule is CCCCNC(=O)C(C)N(Cc1ccccc1F)C(=O)COc1ccc(Cl)c(C)c1. The molecular weight excluding hydrogens is 407 g/mol. The van der Waals surface area contributed by atoms with E-state index >= 15 is 0 Å². The van der Waals surface area contributed by atoms with Gasteiger partial charge in [-0.25, -0.2) is 4.39 Å². The molecule has 0 aliphatic carbocycles. The predicted octanol–water partition coefficient (Wildman–Crippen LogP) is 4.50. The normalized spacial score (nSPS) is 11.6. The molecule has 0 aliphatic heterocycles. The van der Waals surface area contributed by atoms with E-state index in [1.54, 1.807) is 43.3 Å². The van der Waals surface area contributed by atoms with Crippen molar-refractivity contribution in [3.8, 4) is 5.75 Å². The van der Waals surface area contributed by atoms with Gasteiger partial charge in [-0.05, 0) is 50.1 Å². The van der Waals surface area contributed by atoms with Gasteiger partial charge in [0.1, 0.15) is 17.6 Å². The van der Waals surface area contributed by atoms with E-state index in [1.807, 2.05) is 13.8 Å². The van der Waals surface area contributed by atoms with Gasteiger partial charge in [0, 0.05) is 23.7 Å². The largest absolute Gasteiger partial charge is 0.484 e. The summed E-state index contributed by atoms with van der Waals surface area (Å²) in [7, 11) is 0. The van der Waals surface area contributed by atoms with Gasteiger partial charge in [-0.1, -0.05) is 43.1 Å². The van der Waals surface area contributed by atoms with Crippen molar-refractivity contribution < 1.29 is 18.7 Å². The first-order valence-electron chi connectivity index (χ1n) is 10.0. The van der Waals surface area contributed by atoms with Crippen LogP contribution in [0.1, 0.15) is 37.8 Å². The topological polar surface area (TPSA) is 58.6 Å². The molecule has 1 atom stereocenters. The minimum Gasteiger partial charge on any atom is -0.484 e. The number of ether oxygens (including phenoxy) is 1. The van der Waals surface area contributed by atoms with Crippen molar-refractivity contribution >= 4 is 23.4 Å². The lowest BCUT2D eigenvalue weighted by Gasteiger charge is -2.29. The molecule has 2 aromatic carbocycles. The second-order valence-electron chi connectivity index (χ2n) is 7.13. The smallest absolute Gasteiger partial charge is 0.261 e. The van der Waals surface area contributed by atoms with Gasteiger partial charge >= 0.3 is 0 Å². The predicted molar refractivity (Wildman–Crippen MR) is 116 cm³/mol. The van der Waals surface area contributed by atoms with E-state index in [0.717, 1.165) is 18.4 Å². The monoisotopic (exact) mass is 434 g/mol. The molecule has 7 heteroatoms.